The number of rotatable bonds is 2. The second-order valence-electron chi connectivity index (χ2n) is 4.36. The van der Waals surface area contributed by atoms with Crippen LogP contribution in [0.1, 0.15) is 18.9 Å². The molecule has 0 amide bonds. The highest BCUT2D eigenvalue weighted by Gasteiger charge is 2.14. The zero-order valence-electron chi connectivity index (χ0n) is 9.72. The van der Waals surface area contributed by atoms with Gasteiger partial charge in [0, 0.05) is 32.4 Å². The molecule has 0 spiro atoms. The summed E-state index contributed by atoms with van der Waals surface area (Å²) in [6, 6.07) is 3.96. The van der Waals surface area contributed by atoms with E-state index in [-0.39, 0.29) is 0 Å². The number of pyridine rings is 1. The SMILES string of the molecule is CC1CN(Cc2ccnc(N)c2)CCCO1. The first kappa shape index (κ1) is 11.4. The van der Waals surface area contributed by atoms with E-state index in [1.54, 1.807) is 6.20 Å². The van der Waals surface area contributed by atoms with Crippen molar-refractivity contribution in [3.8, 4) is 0 Å². The average Bonchev–Trinajstić information content (AvgIpc) is 2.43. The fraction of sp³-hybridized carbons (Fsp3) is 0.583. The molecule has 88 valence electrons. The normalized spacial score (nSPS) is 22.9. The van der Waals surface area contributed by atoms with E-state index in [1.807, 2.05) is 12.1 Å². The van der Waals surface area contributed by atoms with Crippen LogP contribution in [0.3, 0.4) is 0 Å². The fourth-order valence-corrected chi connectivity index (χ4v) is 2.07. The van der Waals surface area contributed by atoms with E-state index in [9.17, 15) is 0 Å². The van der Waals surface area contributed by atoms with Gasteiger partial charge in [-0.05, 0) is 31.0 Å². The van der Waals surface area contributed by atoms with E-state index in [4.69, 9.17) is 10.5 Å². The summed E-state index contributed by atoms with van der Waals surface area (Å²) < 4.78 is 5.62. The summed E-state index contributed by atoms with van der Waals surface area (Å²) in [4.78, 5) is 6.41. The highest BCUT2D eigenvalue weighted by Crippen LogP contribution is 2.11. The predicted molar refractivity (Wildman–Crippen MR) is 64.0 cm³/mol. The lowest BCUT2D eigenvalue weighted by Crippen LogP contribution is -2.29. The number of hydrogen-bond donors (Lipinski definition) is 1. The van der Waals surface area contributed by atoms with Crippen molar-refractivity contribution in [3.05, 3.63) is 23.9 Å². The number of hydrogen-bond acceptors (Lipinski definition) is 4. The second-order valence-corrected chi connectivity index (χ2v) is 4.36. The topological polar surface area (TPSA) is 51.4 Å². The van der Waals surface area contributed by atoms with Crippen molar-refractivity contribution >= 4 is 5.82 Å². The number of nitrogen functional groups attached to an aromatic ring is 1. The van der Waals surface area contributed by atoms with Crippen LogP contribution >= 0.6 is 0 Å². The predicted octanol–water partition coefficient (Wildman–Crippen LogP) is 1.27. The largest absolute Gasteiger partial charge is 0.384 e. The van der Waals surface area contributed by atoms with Crippen LogP contribution in [0.25, 0.3) is 0 Å². The second kappa shape index (κ2) is 5.27. The Morgan fingerprint density at radius 1 is 1.62 bits per heavy atom. The van der Waals surface area contributed by atoms with Gasteiger partial charge in [-0.2, -0.15) is 0 Å². The maximum absolute atomic E-state index is 5.67. The standard InChI is InChI=1S/C12H19N3O/c1-10-8-15(5-2-6-16-10)9-11-3-4-14-12(13)7-11/h3-4,7,10H,2,5-6,8-9H2,1H3,(H2,13,14). The Labute approximate surface area is 96.4 Å². The molecule has 4 heteroatoms. The molecule has 2 heterocycles. The van der Waals surface area contributed by atoms with Crippen molar-refractivity contribution in [1.29, 1.82) is 0 Å². The lowest BCUT2D eigenvalue weighted by molar-refractivity contribution is 0.0668. The zero-order chi connectivity index (χ0) is 11.4. The summed E-state index contributed by atoms with van der Waals surface area (Å²) in [7, 11) is 0. The third kappa shape index (κ3) is 3.18. The Bertz CT molecular complexity index is 343. The minimum atomic E-state index is 0.321. The van der Waals surface area contributed by atoms with E-state index in [0.717, 1.165) is 32.7 Å². The van der Waals surface area contributed by atoms with Crippen molar-refractivity contribution in [2.75, 3.05) is 25.4 Å². The molecule has 1 aliphatic rings. The van der Waals surface area contributed by atoms with Crippen molar-refractivity contribution < 1.29 is 4.74 Å². The molecule has 0 bridgehead atoms. The van der Waals surface area contributed by atoms with Crippen LogP contribution < -0.4 is 5.73 Å². The van der Waals surface area contributed by atoms with Crippen LogP contribution in [0.15, 0.2) is 18.3 Å². The minimum absolute atomic E-state index is 0.321. The molecule has 1 aliphatic heterocycles. The van der Waals surface area contributed by atoms with Gasteiger partial charge in [-0.1, -0.05) is 0 Å². The van der Waals surface area contributed by atoms with Gasteiger partial charge in [0.05, 0.1) is 6.10 Å². The van der Waals surface area contributed by atoms with E-state index in [1.165, 1.54) is 5.56 Å². The lowest BCUT2D eigenvalue weighted by Gasteiger charge is -2.21. The number of nitrogens with two attached hydrogens (primary N) is 1. The van der Waals surface area contributed by atoms with Crippen LogP contribution in [0.5, 0.6) is 0 Å². The lowest BCUT2D eigenvalue weighted by atomic mass is 10.2. The van der Waals surface area contributed by atoms with Crippen LogP contribution in [0.2, 0.25) is 0 Å². The summed E-state index contributed by atoms with van der Waals surface area (Å²) in [5.74, 6) is 0.594. The van der Waals surface area contributed by atoms with Crippen molar-refractivity contribution in [2.45, 2.75) is 26.0 Å². The van der Waals surface area contributed by atoms with Gasteiger partial charge >= 0.3 is 0 Å². The molecule has 16 heavy (non-hydrogen) atoms. The van der Waals surface area contributed by atoms with Gasteiger partial charge in [-0.25, -0.2) is 4.98 Å². The van der Waals surface area contributed by atoms with Crippen LogP contribution in [0, 0.1) is 0 Å². The molecule has 1 saturated heterocycles. The van der Waals surface area contributed by atoms with Crippen molar-refractivity contribution in [2.24, 2.45) is 0 Å². The zero-order valence-corrected chi connectivity index (χ0v) is 9.72. The summed E-state index contributed by atoms with van der Waals surface area (Å²) in [5, 5.41) is 0. The van der Waals surface area contributed by atoms with Crippen LogP contribution in [-0.4, -0.2) is 35.7 Å². The van der Waals surface area contributed by atoms with E-state index >= 15 is 0 Å². The molecule has 2 rings (SSSR count). The molecule has 2 N–H and O–H groups in total. The Morgan fingerprint density at radius 3 is 3.31 bits per heavy atom. The van der Waals surface area contributed by atoms with Gasteiger partial charge in [0.25, 0.3) is 0 Å². The van der Waals surface area contributed by atoms with E-state index < -0.39 is 0 Å². The Morgan fingerprint density at radius 2 is 2.50 bits per heavy atom. The van der Waals surface area contributed by atoms with E-state index in [2.05, 4.69) is 16.8 Å². The van der Waals surface area contributed by atoms with E-state index in [0.29, 0.717) is 11.9 Å². The molecule has 1 unspecified atom stereocenters. The number of nitrogens with zero attached hydrogens (tertiary/aromatic N) is 2. The smallest absolute Gasteiger partial charge is 0.123 e. The first-order valence-corrected chi connectivity index (χ1v) is 5.78. The minimum Gasteiger partial charge on any atom is -0.384 e. The summed E-state index contributed by atoms with van der Waals surface area (Å²) in [5.41, 5.74) is 6.89. The highest BCUT2D eigenvalue weighted by molar-refractivity contribution is 5.31. The molecule has 0 aliphatic carbocycles. The van der Waals surface area contributed by atoms with Gasteiger partial charge in [0.2, 0.25) is 0 Å². The molecule has 0 radical (unpaired) electrons. The van der Waals surface area contributed by atoms with Gasteiger partial charge in [0.1, 0.15) is 5.82 Å². The van der Waals surface area contributed by atoms with Gasteiger partial charge in [-0.3, -0.25) is 4.90 Å². The molecular formula is C12H19N3O. The van der Waals surface area contributed by atoms with Crippen LogP contribution in [0.4, 0.5) is 5.82 Å². The Kier molecular flexibility index (Phi) is 3.74. The molecule has 1 atom stereocenters. The summed E-state index contributed by atoms with van der Waals surface area (Å²) in [6.45, 7) is 6.00. The van der Waals surface area contributed by atoms with Gasteiger partial charge in [0.15, 0.2) is 0 Å². The van der Waals surface area contributed by atoms with Gasteiger partial charge in [-0.15, -0.1) is 0 Å². The monoisotopic (exact) mass is 221 g/mol. The number of anilines is 1. The third-order valence-corrected chi connectivity index (χ3v) is 2.79. The maximum atomic E-state index is 5.67. The summed E-state index contributed by atoms with van der Waals surface area (Å²) in [6.07, 6.45) is 3.19. The maximum Gasteiger partial charge on any atom is 0.123 e. The number of aromatic nitrogens is 1. The third-order valence-electron chi connectivity index (χ3n) is 2.79. The molecule has 0 saturated carbocycles. The van der Waals surface area contributed by atoms with Crippen LogP contribution in [-0.2, 0) is 11.3 Å². The molecule has 4 nitrogen and oxygen atoms in total. The van der Waals surface area contributed by atoms with Gasteiger partial charge < -0.3 is 10.5 Å². The Hall–Kier alpha value is -1.13. The molecular weight excluding hydrogens is 202 g/mol. The average molecular weight is 221 g/mol. The highest BCUT2D eigenvalue weighted by atomic mass is 16.5. The summed E-state index contributed by atoms with van der Waals surface area (Å²) >= 11 is 0. The molecule has 1 fully saturated rings. The van der Waals surface area contributed by atoms with Crippen molar-refractivity contribution in [3.63, 3.8) is 0 Å². The quantitative estimate of drug-likeness (QED) is 0.817. The molecule has 1 aromatic rings. The molecule has 0 aromatic carbocycles. The number of ether oxygens (including phenoxy) is 1. The first-order valence-electron chi connectivity index (χ1n) is 5.78. The Balaban J connectivity index is 1.97. The fourth-order valence-electron chi connectivity index (χ4n) is 2.07. The first-order chi connectivity index (χ1) is 7.74. The molecule has 1 aromatic heterocycles. The van der Waals surface area contributed by atoms with Crippen molar-refractivity contribution in [1.82, 2.24) is 9.88 Å².